The Morgan fingerprint density at radius 2 is 1.95 bits per heavy atom. The third-order valence-electron chi connectivity index (χ3n) is 3.88. The summed E-state index contributed by atoms with van der Waals surface area (Å²) >= 11 is 0. The first kappa shape index (κ1) is 16.1. The summed E-state index contributed by atoms with van der Waals surface area (Å²) in [4.78, 5) is 28.2. The molecule has 22 heavy (non-hydrogen) atoms. The highest BCUT2D eigenvalue weighted by Gasteiger charge is 2.36. The third kappa shape index (κ3) is 3.00. The van der Waals surface area contributed by atoms with Gasteiger partial charge in [-0.2, -0.15) is 0 Å². The molecule has 1 aliphatic rings. The maximum Gasteiger partial charge on any atom is 0.258 e. The predicted molar refractivity (Wildman–Crippen MR) is 82.3 cm³/mol. The van der Waals surface area contributed by atoms with E-state index in [0.717, 1.165) is 6.42 Å². The molecule has 0 bridgehead atoms. The highest BCUT2D eigenvalue weighted by Crippen LogP contribution is 2.28. The lowest BCUT2D eigenvalue weighted by Crippen LogP contribution is -2.45. The minimum atomic E-state index is -0.394. The van der Waals surface area contributed by atoms with Crippen molar-refractivity contribution in [2.24, 2.45) is 0 Å². The van der Waals surface area contributed by atoms with Crippen molar-refractivity contribution < 1.29 is 19.1 Å². The molecule has 0 N–H and O–H groups in total. The average Bonchev–Trinajstić information content (AvgIpc) is 3.01. The smallest absolute Gasteiger partial charge is 0.258 e. The zero-order valence-electron chi connectivity index (χ0n) is 13.5. The number of carbonyl (C=O) groups is 2. The molecular weight excluding hydrogens is 284 g/mol. The van der Waals surface area contributed by atoms with Crippen LogP contribution in [0.25, 0.3) is 0 Å². The number of amides is 2. The number of benzene rings is 1. The highest BCUT2D eigenvalue weighted by atomic mass is 16.5. The first-order valence-electron chi connectivity index (χ1n) is 7.23. The van der Waals surface area contributed by atoms with Gasteiger partial charge in [0.2, 0.25) is 5.91 Å². The molecule has 6 heteroatoms. The van der Waals surface area contributed by atoms with E-state index < -0.39 is 6.04 Å². The minimum Gasteiger partial charge on any atom is -0.497 e. The van der Waals surface area contributed by atoms with Gasteiger partial charge in [-0.15, -0.1) is 0 Å². The molecule has 0 spiro atoms. The molecule has 1 heterocycles. The van der Waals surface area contributed by atoms with Gasteiger partial charge in [0.25, 0.3) is 5.91 Å². The summed E-state index contributed by atoms with van der Waals surface area (Å²) in [5.41, 5.74) is 0.446. The van der Waals surface area contributed by atoms with Crippen molar-refractivity contribution in [3.05, 3.63) is 23.8 Å². The van der Waals surface area contributed by atoms with Crippen LogP contribution in [0, 0.1) is 0 Å². The molecule has 1 aliphatic heterocycles. The Bertz CT molecular complexity index is 571. The number of likely N-dealkylation sites (tertiary alicyclic amines) is 1. The standard InChI is InChI=1S/C16H22N2O4/c1-17(2)16(20)13-6-5-9-18(13)15(19)12-8-7-11(21-3)10-14(12)22-4/h7-8,10,13H,5-6,9H2,1-4H3. The molecule has 1 fully saturated rings. The fourth-order valence-corrected chi connectivity index (χ4v) is 2.69. The number of rotatable bonds is 4. The summed E-state index contributed by atoms with van der Waals surface area (Å²) in [5.74, 6) is 0.846. The van der Waals surface area contributed by atoms with E-state index in [1.165, 1.54) is 12.0 Å². The molecule has 0 saturated carbocycles. The van der Waals surface area contributed by atoms with Gasteiger partial charge in [0, 0.05) is 26.7 Å². The van der Waals surface area contributed by atoms with Crippen molar-refractivity contribution in [2.75, 3.05) is 34.9 Å². The van der Waals surface area contributed by atoms with Crippen LogP contribution in [0.2, 0.25) is 0 Å². The van der Waals surface area contributed by atoms with Crippen LogP contribution >= 0.6 is 0 Å². The summed E-state index contributed by atoms with van der Waals surface area (Å²) in [6.45, 7) is 0.582. The van der Waals surface area contributed by atoms with Crippen LogP contribution < -0.4 is 9.47 Å². The second kappa shape index (κ2) is 6.68. The number of methoxy groups -OCH3 is 2. The molecule has 6 nitrogen and oxygen atoms in total. The van der Waals surface area contributed by atoms with Crippen molar-refractivity contribution in [1.82, 2.24) is 9.80 Å². The second-order valence-electron chi connectivity index (χ2n) is 5.46. The number of hydrogen-bond acceptors (Lipinski definition) is 4. The van der Waals surface area contributed by atoms with Gasteiger partial charge in [-0.05, 0) is 25.0 Å². The highest BCUT2D eigenvalue weighted by molar-refractivity contribution is 6.00. The van der Waals surface area contributed by atoms with Gasteiger partial charge < -0.3 is 19.3 Å². The Kier molecular flexibility index (Phi) is 4.90. The number of carbonyl (C=O) groups excluding carboxylic acids is 2. The summed E-state index contributed by atoms with van der Waals surface area (Å²) in [6, 6.07) is 4.67. The van der Waals surface area contributed by atoms with Crippen LogP contribution in [-0.2, 0) is 4.79 Å². The maximum atomic E-state index is 12.8. The van der Waals surface area contributed by atoms with Crippen molar-refractivity contribution in [3.8, 4) is 11.5 Å². The lowest BCUT2D eigenvalue weighted by atomic mass is 10.1. The zero-order chi connectivity index (χ0) is 16.3. The van der Waals surface area contributed by atoms with Gasteiger partial charge in [0.1, 0.15) is 17.5 Å². The Morgan fingerprint density at radius 1 is 1.23 bits per heavy atom. The molecule has 0 aromatic heterocycles. The fourth-order valence-electron chi connectivity index (χ4n) is 2.69. The van der Waals surface area contributed by atoms with E-state index in [1.807, 2.05) is 0 Å². The van der Waals surface area contributed by atoms with Crippen molar-refractivity contribution in [1.29, 1.82) is 0 Å². The van der Waals surface area contributed by atoms with E-state index in [1.54, 1.807) is 44.3 Å². The lowest BCUT2D eigenvalue weighted by Gasteiger charge is -2.26. The lowest BCUT2D eigenvalue weighted by molar-refractivity contribution is -0.132. The number of nitrogens with zero attached hydrogens (tertiary/aromatic N) is 2. The number of likely N-dealkylation sites (N-methyl/N-ethyl adjacent to an activating group) is 1. The average molecular weight is 306 g/mol. The molecule has 1 atom stereocenters. The first-order chi connectivity index (χ1) is 10.5. The Morgan fingerprint density at radius 3 is 2.55 bits per heavy atom. The van der Waals surface area contributed by atoms with Crippen molar-refractivity contribution >= 4 is 11.8 Å². The summed E-state index contributed by atoms with van der Waals surface area (Å²) < 4.78 is 10.4. The van der Waals surface area contributed by atoms with Gasteiger partial charge >= 0.3 is 0 Å². The SMILES string of the molecule is COc1ccc(C(=O)N2CCCC2C(=O)N(C)C)c(OC)c1. The molecule has 120 valence electrons. The molecule has 1 aromatic rings. The molecule has 1 aromatic carbocycles. The van der Waals surface area contributed by atoms with E-state index in [4.69, 9.17) is 9.47 Å². The number of hydrogen-bond donors (Lipinski definition) is 0. The Hall–Kier alpha value is -2.24. The zero-order valence-corrected chi connectivity index (χ0v) is 13.5. The molecule has 0 aliphatic carbocycles. The van der Waals surface area contributed by atoms with Crippen molar-refractivity contribution in [3.63, 3.8) is 0 Å². The van der Waals surface area contributed by atoms with E-state index in [0.29, 0.717) is 30.0 Å². The van der Waals surface area contributed by atoms with E-state index in [2.05, 4.69) is 0 Å². The fraction of sp³-hybridized carbons (Fsp3) is 0.500. The molecule has 1 unspecified atom stereocenters. The van der Waals surface area contributed by atoms with Gasteiger partial charge in [0.15, 0.2) is 0 Å². The van der Waals surface area contributed by atoms with Gasteiger partial charge in [-0.25, -0.2) is 0 Å². The summed E-state index contributed by atoms with van der Waals surface area (Å²) in [6.07, 6.45) is 1.52. The van der Waals surface area contributed by atoms with Crippen LogP contribution in [-0.4, -0.2) is 62.5 Å². The van der Waals surface area contributed by atoms with Crippen molar-refractivity contribution in [2.45, 2.75) is 18.9 Å². The minimum absolute atomic E-state index is 0.0432. The third-order valence-corrected chi connectivity index (χ3v) is 3.88. The van der Waals surface area contributed by atoms with Crippen LogP contribution in [0.3, 0.4) is 0 Å². The quantitative estimate of drug-likeness (QED) is 0.843. The van der Waals surface area contributed by atoms with E-state index >= 15 is 0 Å². The first-order valence-corrected chi connectivity index (χ1v) is 7.23. The van der Waals surface area contributed by atoms with Crippen LogP contribution in [0.4, 0.5) is 0 Å². The summed E-state index contributed by atoms with van der Waals surface area (Å²) in [7, 11) is 6.48. The Balaban J connectivity index is 2.29. The number of ether oxygens (including phenoxy) is 2. The molecule has 2 rings (SSSR count). The van der Waals surface area contributed by atoms with E-state index in [-0.39, 0.29) is 11.8 Å². The predicted octanol–water partition coefficient (Wildman–Crippen LogP) is 1.40. The van der Waals surface area contributed by atoms with Crippen LogP contribution in [0.5, 0.6) is 11.5 Å². The topological polar surface area (TPSA) is 59.1 Å². The van der Waals surface area contributed by atoms with Gasteiger partial charge in [-0.3, -0.25) is 9.59 Å². The maximum absolute atomic E-state index is 12.8. The van der Waals surface area contributed by atoms with E-state index in [9.17, 15) is 9.59 Å². The monoisotopic (exact) mass is 306 g/mol. The summed E-state index contributed by atoms with van der Waals surface area (Å²) in [5, 5.41) is 0. The van der Waals surface area contributed by atoms with Gasteiger partial charge in [0.05, 0.1) is 19.8 Å². The largest absolute Gasteiger partial charge is 0.497 e. The van der Waals surface area contributed by atoms with Crippen LogP contribution in [0.1, 0.15) is 23.2 Å². The Labute approximate surface area is 130 Å². The molecule has 0 radical (unpaired) electrons. The molecular formula is C16H22N2O4. The molecule has 1 saturated heterocycles. The molecule has 2 amide bonds. The van der Waals surface area contributed by atoms with Crippen LogP contribution in [0.15, 0.2) is 18.2 Å². The second-order valence-corrected chi connectivity index (χ2v) is 5.46. The normalized spacial score (nSPS) is 17.3. The van der Waals surface area contributed by atoms with Gasteiger partial charge in [-0.1, -0.05) is 0 Å².